The zero-order valence-electron chi connectivity index (χ0n) is 10.3. The minimum Gasteiger partial charge on any atom is -0.480 e. The van der Waals surface area contributed by atoms with E-state index < -0.39 is 5.97 Å². The Morgan fingerprint density at radius 1 is 1.37 bits per heavy atom. The number of aromatic nitrogens is 3. The standard InChI is InChI=1S/C13H12N4O2/c1-7-3-2-4-8-10(7)11-12(14)15-6-16-13(11)17(8)5-9(18)19/h2-4,6H,5H2,1H3,(H,18,19)(H2,14,15,16). The quantitative estimate of drug-likeness (QED) is 0.725. The molecule has 6 heteroatoms. The summed E-state index contributed by atoms with van der Waals surface area (Å²) in [5.41, 5.74) is 8.31. The molecule has 0 fully saturated rings. The average molecular weight is 256 g/mol. The summed E-state index contributed by atoms with van der Waals surface area (Å²) in [5.74, 6) is -0.550. The number of aliphatic carboxylic acids is 1. The molecule has 0 atom stereocenters. The van der Waals surface area contributed by atoms with Crippen molar-refractivity contribution in [2.45, 2.75) is 13.5 Å². The van der Waals surface area contributed by atoms with Gasteiger partial charge in [-0.05, 0) is 18.6 Å². The highest BCUT2D eigenvalue weighted by Crippen LogP contribution is 2.32. The Bertz CT molecular complexity index is 748. The largest absolute Gasteiger partial charge is 0.480 e. The molecule has 0 saturated carbocycles. The van der Waals surface area contributed by atoms with E-state index in [-0.39, 0.29) is 6.54 Å². The van der Waals surface area contributed by atoms with Crippen LogP contribution in [0.4, 0.5) is 5.82 Å². The van der Waals surface area contributed by atoms with Crippen LogP contribution in [0.1, 0.15) is 5.56 Å². The van der Waals surface area contributed by atoms with E-state index >= 15 is 0 Å². The van der Waals surface area contributed by atoms with Crippen LogP contribution in [0, 0.1) is 6.92 Å². The lowest BCUT2D eigenvalue weighted by molar-refractivity contribution is -0.137. The number of aryl methyl sites for hydroxylation is 1. The maximum absolute atomic E-state index is 11.0. The highest BCUT2D eigenvalue weighted by Gasteiger charge is 2.17. The summed E-state index contributed by atoms with van der Waals surface area (Å²) in [5, 5.41) is 10.7. The molecule has 0 aliphatic carbocycles. The zero-order valence-corrected chi connectivity index (χ0v) is 10.3. The number of carboxylic acids is 1. The fourth-order valence-corrected chi connectivity index (χ4v) is 2.45. The molecule has 3 rings (SSSR count). The van der Waals surface area contributed by atoms with Gasteiger partial charge in [-0.15, -0.1) is 0 Å². The summed E-state index contributed by atoms with van der Waals surface area (Å²) in [6.07, 6.45) is 1.35. The van der Waals surface area contributed by atoms with Crippen molar-refractivity contribution in [2.75, 3.05) is 5.73 Å². The predicted molar refractivity (Wildman–Crippen MR) is 71.8 cm³/mol. The van der Waals surface area contributed by atoms with Crippen LogP contribution in [-0.4, -0.2) is 25.6 Å². The molecule has 0 amide bonds. The molecule has 0 aliphatic rings. The van der Waals surface area contributed by atoms with E-state index in [1.54, 1.807) is 4.57 Å². The van der Waals surface area contributed by atoms with Crippen molar-refractivity contribution in [2.24, 2.45) is 0 Å². The summed E-state index contributed by atoms with van der Waals surface area (Å²) in [7, 11) is 0. The van der Waals surface area contributed by atoms with Crippen LogP contribution < -0.4 is 5.73 Å². The average Bonchev–Trinajstić information content (AvgIpc) is 2.66. The third-order valence-corrected chi connectivity index (χ3v) is 3.20. The van der Waals surface area contributed by atoms with Crippen molar-refractivity contribution >= 4 is 33.7 Å². The third kappa shape index (κ3) is 1.61. The molecule has 0 saturated heterocycles. The van der Waals surface area contributed by atoms with Gasteiger partial charge >= 0.3 is 5.97 Å². The maximum atomic E-state index is 11.0. The number of rotatable bonds is 2. The van der Waals surface area contributed by atoms with Crippen LogP contribution in [-0.2, 0) is 11.3 Å². The Morgan fingerprint density at radius 2 is 2.16 bits per heavy atom. The third-order valence-electron chi connectivity index (χ3n) is 3.20. The fourth-order valence-electron chi connectivity index (χ4n) is 2.45. The summed E-state index contributed by atoms with van der Waals surface area (Å²) in [6, 6.07) is 5.71. The first kappa shape index (κ1) is 11.5. The van der Waals surface area contributed by atoms with Gasteiger partial charge in [0.1, 0.15) is 24.3 Å². The van der Waals surface area contributed by atoms with Gasteiger partial charge < -0.3 is 15.4 Å². The van der Waals surface area contributed by atoms with Crippen LogP contribution in [0.15, 0.2) is 24.5 Å². The molecule has 2 heterocycles. The number of fused-ring (bicyclic) bond motifs is 3. The van der Waals surface area contributed by atoms with Crippen molar-refractivity contribution in [3.63, 3.8) is 0 Å². The molecular formula is C13H12N4O2. The number of carbonyl (C=O) groups is 1. The van der Waals surface area contributed by atoms with E-state index in [9.17, 15) is 4.79 Å². The lowest BCUT2D eigenvalue weighted by Crippen LogP contribution is -2.09. The molecule has 0 radical (unpaired) electrons. The fraction of sp³-hybridized carbons (Fsp3) is 0.154. The Morgan fingerprint density at radius 3 is 2.89 bits per heavy atom. The van der Waals surface area contributed by atoms with Crippen LogP contribution >= 0.6 is 0 Å². The maximum Gasteiger partial charge on any atom is 0.323 e. The molecule has 96 valence electrons. The molecule has 3 N–H and O–H groups in total. The Hall–Kier alpha value is -2.63. The van der Waals surface area contributed by atoms with Gasteiger partial charge in [-0.25, -0.2) is 9.97 Å². The topological polar surface area (TPSA) is 94.0 Å². The van der Waals surface area contributed by atoms with Crippen LogP contribution in [0.3, 0.4) is 0 Å². The monoisotopic (exact) mass is 256 g/mol. The molecule has 0 aliphatic heterocycles. The molecule has 0 spiro atoms. The highest BCUT2D eigenvalue weighted by molar-refractivity contribution is 6.13. The van der Waals surface area contributed by atoms with Crippen molar-refractivity contribution in [1.29, 1.82) is 0 Å². The van der Waals surface area contributed by atoms with E-state index in [0.29, 0.717) is 11.5 Å². The summed E-state index contributed by atoms with van der Waals surface area (Å²) < 4.78 is 1.65. The van der Waals surface area contributed by atoms with Gasteiger partial charge in [-0.3, -0.25) is 4.79 Å². The highest BCUT2D eigenvalue weighted by atomic mass is 16.4. The van der Waals surface area contributed by atoms with Crippen LogP contribution in [0.25, 0.3) is 21.9 Å². The van der Waals surface area contributed by atoms with E-state index in [4.69, 9.17) is 10.8 Å². The number of hydrogen-bond acceptors (Lipinski definition) is 4. The van der Waals surface area contributed by atoms with E-state index in [0.717, 1.165) is 21.9 Å². The van der Waals surface area contributed by atoms with E-state index in [2.05, 4.69) is 9.97 Å². The normalized spacial score (nSPS) is 11.2. The molecule has 1 aromatic carbocycles. The van der Waals surface area contributed by atoms with Gasteiger partial charge in [0.15, 0.2) is 0 Å². The second kappa shape index (κ2) is 3.94. The number of benzene rings is 1. The first-order valence-corrected chi connectivity index (χ1v) is 5.79. The molecule has 2 aromatic heterocycles. The zero-order chi connectivity index (χ0) is 13.6. The van der Waals surface area contributed by atoms with Gasteiger partial charge in [-0.1, -0.05) is 12.1 Å². The molecule has 6 nitrogen and oxygen atoms in total. The summed E-state index contributed by atoms with van der Waals surface area (Å²) >= 11 is 0. The lowest BCUT2D eigenvalue weighted by Gasteiger charge is -2.02. The van der Waals surface area contributed by atoms with Crippen LogP contribution in [0.2, 0.25) is 0 Å². The van der Waals surface area contributed by atoms with E-state index in [1.807, 2.05) is 25.1 Å². The smallest absolute Gasteiger partial charge is 0.323 e. The van der Waals surface area contributed by atoms with Crippen molar-refractivity contribution < 1.29 is 9.90 Å². The van der Waals surface area contributed by atoms with Gasteiger partial charge in [0, 0.05) is 5.39 Å². The number of hydrogen-bond donors (Lipinski definition) is 2. The van der Waals surface area contributed by atoms with Crippen molar-refractivity contribution in [1.82, 2.24) is 14.5 Å². The second-order valence-electron chi connectivity index (χ2n) is 4.41. The van der Waals surface area contributed by atoms with Gasteiger partial charge in [0.05, 0.1) is 10.9 Å². The Balaban J connectivity index is 2.55. The number of carboxylic acid groups (broad SMARTS) is 1. The number of nitrogen functional groups attached to an aromatic ring is 1. The first-order chi connectivity index (χ1) is 9.09. The Labute approximate surface area is 108 Å². The van der Waals surface area contributed by atoms with E-state index in [1.165, 1.54) is 6.33 Å². The van der Waals surface area contributed by atoms with Crippen LogP contribution in [0.5, 0.6) is 0 Å². The minimum atomic E-state index is -0.919. The first-order valence-electron chi connectivity index (χ1n) is 5.79. The minimum absolute atomic E-state index is 0.153. The predicted octanol–water partition coefficient (Wildman–Crippen LogP) is 1.56. The molecule has 0 bridgehead atoms. The molecule has 19 heavy (non-hydrogen) atoms. The Kier molecular flexibility index (Phi) is 2.38. The van der Waals surface area contributed by atoms with Gasteiger partial charge in [0.25, 0.3) is 0 Å². The number of nitrogens with zero attached hydrogens (tertiary/aromatic N) is 3. The number of nitrogens with two attached hydrogens (primary N) is 1. The van der Waals surface area contributed by atoms with Gasteiger partial charge in [0.2, 0.25) is 0 Å². The lowest BCUT2D eigenvalue weighted by atomic mass is 10.1. The summed E-state index contributed by atoms with van der Waals surface area (Å²) in [6.45, 7) is 1.80. The summed E-state index contributed by atoms with van der Waals surface area (Å²) in [4.78, 5) is 19.2. The molecule has 3 aromatic rings. The van der Waals surface area contributed by atoms with Crippen molar-refractivity contribution in [3.05, 3.63) is 30.1 Å². The second-order valence-corrected chi connectivity index (χ2v) is 4.41. The van der Waals surface area contributed by atoms with Crippen molar-refractivity contribution in [3.8, 4) is 0 Å². The number of anilines is 1. The molecule has 0 unspecified atom stereocenters. The van der Waals surface area contributed by atoms with Gasteiger partial charge in [-0.2, -0.15) is 0 Å². The SMILES string of the molecule is Cc1cccc2c1c1c(N)ncnc1n2CC(=O)O. The molecular weight excluding hydrogens is 244 g/mol.